The average Bonchev–Trinajstić information content (AvgIpc) is 3.40. The molecule has 1 amide bonds. The van der Waals surface area contributed by atoms with Gasteiger partial charge in [-0.15, -0.1) is 10.2 Å². The second-order valence-electron chi connectivity index (χ2n) is 6.47. The molecule has 2 aromatic heterocycles. The fraction of sp³-hybridized carbons (Fsp3) is 0.136. The van der Waals surface area contributed by atoms with Crippen LogP contribution in [-0.2, 0) is 11.3 Å². The van der Waals surface area contributed by atoms with Crippen LogP contribution in [0.25, 0.3) is 11.6 Å². The Bertz CT molecular complexity index is 1060. The highest BCUT2D eigenvalue weighted by Crippen LogP contribution is 2.28. The Morgan fingerprint density at radius 1 is 1.03 bits per heavy atom. The van der Waals surface area contributed by atoms with Crippen LogP contribution in [0.1, 0.15) is 12.5 Å². The topological polar surface area (TPSA) is 73.0 Å². The number of thioether (sulfide) groups is 1. The van der Waals surface area contributed by atoms with E-state index in [1.165, 1.54) is 11.8 Å². The number of carbonyl (C=O) groups is 1. The highest BCUT2D eigenvalue weighted by molar-refractivity contribution is 8.00. The van der Waals surface area contributed by atoms with Gasteiger partial charge in [-0.3, -0.25) is 9.36 Å². The molecule has 0 spiro atoms. The highest BCUT2D eigenvalue weighted by atomic mass is 32.2. The van der Waals surface area contributed by atoms with Crippen molar-refractivity contribution >= 4 is 23.4 Å². The molecule has 0 aliphatic heterocycles. The number of furan rings is 1. The molecule has 1 N–H and O–H groups in total. The molecule has 29 heavy (non-hydrogen) atoms. The lowest BCUT2D eigenvalue weighted by molar-refractivity contribution is -0.115. The molecule has 0 aliphatic rings. The molecule has 0 unspecified atom stereocenters. The van der Waals surface area contributed by atoms with Gasteiger partial charge in [-0.25, -0.2) is 0 Å². The summed E-state index contributed by atoms with van der Waals surface area (Å²) in [5.74, 6) is 1.19. The molecule has 6 nitrogen and oxygen atoms in total. The van der Waals surface area contributed by atoms with E-state index in [1.54, 1.807) is 6.26 Å². The summed E-state index contributed by atoms with van der Waals surface area (Å²) in [6.07, 6.45) is 1.61. The van der Waals surface area contributed by atoms with Crippen LogP contribution in [-0.4, -0.2) is 25.9 Å². The first kappa shape index (κ1) is 19.0. The Hall–Kier alpha value is -3.32. The lowest BCUT2D eigenvalue weighted by atomic mass is 10.2. The molecule has 7 heteroatoms. The molecule has 2 heterocycles. The van der Waals surface area contributed by atoms with Crippen LogP contribution in [0.4, 0.5) is 5.69 Å². The quantitative estimate of drug-likeness (QED) is 0.452. The minimum absolute atomic E-state index is 0.0880. The molecule has 0 fully saturated rings. The monoisotopic (exact) mass is 404 g/mol. The molecule has 4 aromatic rings. The van der Waals surface area contributed by atoms with E-state index in [2.05, 4.69) is 15.5 Å². The molecule has 0 saturated carbocycles. The van der Waals surface area contributed by atoms with E-state index in [0.717, 1.165) is 11.3 Å². The third-order valence-electron chi connectivity index (χ3n) is 4.33. The van der Waals surface area contributed by atoms with E-state index in [9.17, 15) is 4.79 Å². The summed E-state index contributed by atoms with van der Waals surface area (Å²) in [7, 11) is 0. The van der Waals surface area contributed by atoms with Crippen LogP contribution < -0.4 is 5.32 Å². The Kier molecular flexibility index (Phi) is 5.76. The summed E-state index contributed by atoms with van der Waals surface area (Å²) in [5.41, 5.74) is 1.88. The first-order valence-electron chi connectivity index (χ1n) is 9.24. The van der Waals surface area contributed by atoms with Gasteiger partial charge < -0.3 is 9.73 Å². The molecule has 1 atom stereocenters. The van der Waals surface area contributed by atoms with Gasteiger partial charge in [0.1, 0.15) is 0 Å². The molecule has 2 aromatic carbocycles. The number of amides is 1. The van der Waals surface area contributed by atoms with Crippen LogP contribution in [0.2, 0.25) is 0 Å². The minimum atomic E-state index is -0.349. The van der Waals surface area contributed by atoms with Gasteiger partial charge in [-0.05, 0) is 36.8 Å². The number of hydrogen-bond acceptors (Lipinski definition) is 5. The SMILES string of the molecule is C[C@@H](Sc1nnc(-c2ccco2)n1Cc1ccccc1)C(=O)Nc1ccccc1. The standard InChI is InChI=1S/C22H20N4O2S/c1-16(21(27)23-18-11-6-3-7-12-18)29-22-25-24-20(19-13-8-14-28-19)26(22)15-17-9-4-2-5-10-17/h2-14,16H,15H2,1H3,(H,23,27)/t16-/m1/s1. The van der Waals surface area contributed by atoms with Gasteiger partial charge in [0.05, 0.1) is 18.1 Å². The maximum atomic E-state index is 12.6. The van der Waals surface area contributed by atoms with Crippen LogP contribution in [0, 0.1) is 0 Å². The molecule has 0 aliphatic carbocycles. The van der Waals surface area contributed by atoms with Crippen LogP contribution >= 0.6 is 11.8 Å². The lowest BCUT2D eigenvalue weighted by Gasteiger charge is -2.13. The van der Waals surface area contributed by atoms with Crippen molar-refractivity contribution in [2.24, 2.45) is 0 Å². The van der Waals surface area contributed by atoms with E-state index in [-0.39, 0.29) is 11.2 Å². The highest BCUT2D eigenvalue weighted by Gasteiger charge is 2.22. The van der Waals surface area contributed by atoms with Gasteiger partial charge in [0.25, 0.3) is 0 Å². The summed E-state index contributed by atoms with van der Waals surface area (Å²) in [6, 6.07) is 23.2. The zero-order chi connectivity index (χ0) is 20.1. The molecular formula is C22H20N4O2S. The van der Waals surface area contributed by atoms with E-state index in [4.69, 9.17) is 4.42 Å². The van der Waals surface area contributed by atoms with Gasteiger partial charge in [-0.1, -0.05) is 60.3 Å². The second kappa shape index (κ2) is 8.79. The van der Waals surface area contributed by atoms with Crippen molar-refractivity contribution in [2.75, 3.05) is 5.32 Å². The number of carbonyl (C=O) groups excluding carboxylic acids is 1. The van der Waals surface area contributed by atoms with E-state index < -0.39 is 0 Å². The van der Waals surface area contributed by atoms with Crippen molar-refractivity contribution in [3.8, 4) is 11.6 Å². The fourth-order valence-corrected chi connectivity index (χ4v) is 3.70. The average molecular weight is 404 g/mol. The van der Waals surface area contributed by atoms with Crippen LogP contribution in [0.5, 0.6) is 0 Å². The number of nitrogens with zero attached hydrogens (tertiary/aromatic N) is 3. The number of hydrogen-bond donors (Lipinski definition) is 1. The lowest BCUT2D eigenvalue weighted by Crippen LogP contribution is -2.23. The van der Waals surface area contributed by atoms with Crippen molar-refractivity contribution in [1.82, 2.24) is 14.8 Å². The number of rotatable bonds is 7. The fourth-order valence-electron chi connectivity index (χ4n) is 2.85. The number of aromatic nitrogens is 3. The number of anilines is 1. The second-order valence-corrected chi connectivity index (χ2v) is 7.78. The smallest absolute Gasteiger partial charge is 0.237 e. The Balaban J connectivity index is 1.57. The van der Waals surface area contributed by atoms with Crippen molar-refractivity contribution in [2.45, 2.75) is 23.9 Å². The van der Waals surface area contributed by atoms with Gasteiger partial charge in [0.2, 0.25) is 11.7 Å². The van der Waals surface area contributed by atoms with Gasteiger partial charge in [0, 0.05) is 5.69 Å². The molecule has 0 bridgehead atoms. The van der Waals surface area contributed by atoms with Crippen LogP contribution in [0.3, 0.4) is 0 Å². The predicted molar refractivity (Wildman–Crippen MR) is 114 cm³/mol. The van der Waals surface area contributed by atoms with Crippen molar-refractivity contribution in [3.05, 3.63) is 84.6 Å². The Morgan fingerprint density at radius 3 is 2.45 bits per heavy atom. The maximum absolute atomic E-state index is 12.6. The molecule has 0 radical (unpaired) electrons. The van der Waals surface area contributed by atoms with Gasteiger partial charge >= 0.3 is 0 Å². The van der Waals surface area contributed by atoms with Crippen LogP contribution in [0.15, 0.2) is 88.6 Å². The third kappa shape index (κ3) is 4.57. The molecular weight excluding hydrogens is 384 g/mol. The third-order valence-corrected chi connectivity index (χ3v) is 5.42. The summed E-state index contributed by atoms with van der Waals surface area (Å²) in [5, 5.41) is 11.9. The number of para-hydroxylation sites is 1. The van der Waals surface area contributed by atoms with Crippen molar-refractivity contribution in [1.29, 1.82) is 0 Å². The van der Waals surface area contributed by atoms with E-state index in [1.807, 2.05) is 84.3 Å². The van der Waals surface area contributed by atoms with E-state index >= 15 is 0 Å². The largest absolute Gasteiger partial charge is 0.461 e. The molecule has 4 rings (SSSR count). The Morgan fingerprint density at radius 2 is 1.76 bits per heavy atom. The number of nitrogens with one attached hydrogen (secondary N) is 1. The predicted octanol–water partition coefficient (Wildman–Crippen LogP) is 4.71. The van der Waals surface area contributed by atoms with E-state index in [0.29, 0.717) is 23.3 Å². The maximum Gasteiger partial charge on any atom is 0.237 e. The summed E-state index contributed by atoms with van der Waals surface area (Å²) >= 11 is 1.37. The zero-order valence-corrected chi connectivity index (χ0v) is 16.7. The summed E-state index contributed by atoms with van der Waals surface area (Å²) in [6.45, 7) is 2.44. The van der Waals surface area contributed by atoms with Crippen molar-refractivity contribution < 1.29 is 9.21 Å². The first-order valence-corrected chi connectivity index (χ1v) is 10.1. The normalized spacial score (nSPS) is 11.9. The minimum Gasteiger partial charge on any atom is -0.461 e. The Labute approximate surface area is 173 Å². The summed E-state index contributed by atoms with van der Waals surface area (Å²) in [4.78, 5) is 12.6. The van der Waals surface area contributed by atoms with Gasteiger partial charge in [-0.2, -0.15) is 0 Å². The van der Waals surface area contributed by atoms with Gasteiger partial charge in [0.15, 0.2) is 10.9 Å². The molecule has 146 valence electrons. The zero-order valence-electron chi connectivity index (χ0n) is 15.9. The molecule has 0 saturated heterocycles. The summed E-state index contributed by atoms with van der Waals surface area (Å²) < 4.78 is 7.51. The van der Waals surface area contributed by atoms with Crippen molar-refractivity contribution in [3.63, 3.8) is 0 Å². The first-order chi connectivity index (χ1) is 14.2. The number of benzene rings is 2.